The first-order chi connectivity index (χ1) is 25.2. The molecule has 0 saturated carbocycles. The predicted octanol–water partition coefficient (Wildman–Crippen LogP) is 11.8. The van der Waals surface area contributed by atoms with Gasteiger partial charge in [-0.25, -0.2) is 9.97 Å². The van der Waals surface area contributed by atoms with E-state index in [1.807, 2.05) is 60.9 Å². The van der Waals surface area contributed by atoms with E-state index in [-0.39, 0.29) is 0 Å². The first-order valence-electron chi connectivity index (χ1n) is 16.9. The van der Waals surface area contributed by atoms with Gasteiger partial charge in [0.15, 0.2) is 5.82 Å². The lowest BCUT2D eigenvalue weighted by Crippen LogP contribution is -1.96. The van der Waals surface area contributed by atoms with Gasteiger partial charge in [-0.15, -0.1) is 0 Å². The van der Waals surface area contributed by atoms with Gasteiger partial charge in [0.2, 0.25) is 0 Å². The summed E-state index contributed by atoms with van der Waals surface area (Å²) in [4.78, 5) is 19.4. The molecule has 0 aliphatic carbocycles. The van der Waals surface area contributed by atoms with Crippen LogP contribution in [0.1, 0.15) is 0 Å². The number of fused-ring (bicyclic) bond motifs is 5. The molecule has 238 valence electrons. The largest absolute Gasteiger partial charge is 0.456 e. The quantitative estimate of drug-likeness (QED) is 0.185. The van der Waals surface area contributed by atoms with E-state index >= 15 is 0 Å². The number of para-hydroxylation sites is 1. The topological polar surface area (TPSA) is 64.7 Å². The van der Waals surface area contributed by atoms with Crippen molar-refractivity contribution < 1.29 is 4.42 Å². The van der Waals surface area contributed by atoms with Crippen LogP contribution < -0.4 is 0 Å². The number of nitrogens with zero attached hydrogens (tertiary/aromatic N) is 4. The third-order valence-corrected chi connectivity index (χ3v) is 9.53. The minimum Gasteiger partial charge on any atom is -0.456 e. The summed E-state index contributed by atoms with van der Waals surface area (Å²) in [5, 5.41) is 4.37. The molecular formula is C46H28N4O. The minimum absolute atomic E-state index is 0.660. The van der Waals surface area contributed by atoms with Crippen LogP contribution >= 0.6 is 0 Å². The van der Waals surface area contributed by atoms with Gasteiger partial charge in [0, 0.05) is 50.6 Å². The van der Waals surface area contributed by atoms with Crippen molar-refractivity contribution in [1.82, 2.24) is 19.9 Å². The second-order valence-electron chi connectivity index (χ2n) is 12.8. The average Bonchev–Trinajstić information content (AvgIpc) is 3.58. The molecule has 0 amide bonds. The van der Waals surface area contributed by atoms with Gasteiger partial charge in [0.05, 0.1) is 22.4 Å². The monoisotopic (exact) mass is 652 g/mol. The fourth-order valence-electron chi connectivity index (χ4n) is 6.96. The Bertz CT molecular complexity index is 2830. The molecule has 4 heterocycles. The standard InChI is InChI=1S/C46H28N4O/c1-2-8-29(9-3-1)46-49-42(34-14-17-39-38-12-4-5-13-44(38)51-45(39)27-34)28-43(50-46)37-25-35(30-15-18-40-32(22-30)10-6-20-47-40)24-36(26-37)31-16-19-41-33(23-31)11-7-21-48-41/h1-28H. The van der Waals surface area contributed by atoms with E-state index < -0.39 is 0 Å². The second kappa shape index (κ2) is 11.9. The maximum Gasteiger partial charge on any atom is 0.160 e. The first kappa shape index (κ1) is 29.0. The smallest absolute Gasteiger partial charge is 0.160 e. The van der Waals surface area contributed by atoms with E-state index in [1.165, 1.54) is 0 Å². The summed E-state index contributed by atoms with van der Waals surface area (Å²) < 4.78 is 6.28. The summed E-state index contributed by atoms with van der Waals surface area (Å²) in [7, 11) is 0. The van der Waals surface area contributed by atoms with E-state index in [0.717, 1.165) is 94.1 Å². The van der Waals surface area contributed by atoms with Crippen molar-refractivity contribution in [3.8, 4) is 56.2 Å². The van der Waals surface area contributed by atoms with Gasteiger partial charge >= 0.3 is 0 Å². The molecule has 4 aromatic heterocycles. The molecule has 0 saturated heterocycles. The summed E-state index contributed by atoms with van der Waals surface area (Å²) in [6, 6.07) is 54.5. The van der Waals surface area contributed by atoms with Crippen LogP contribution in [0.15, 0.2) is 175 Å². The van der Waals surface area contributed by atoms with Gasteiger partial charge in [0.25, 0.3) is 0 Å². The van der Waals surface area contributed by atoms with Crippen molar-refractivity contribution >= 4 is 43.7 Å². The predicted molar refractivity (Wildman–Crippen MR) is 207 cm³/mol. The van der Waals surface area contributed by atoms with Gasteiger partial charge in [-0.3, -0.25) is 9.97 Å². The third kappa shape index (κ3) is 5.29. The zero-order valence-electron chi connectivity index (χ0n) is 27.4. The highest BCUT2D eigenvalue weighted by molar-refractivity contribution is 6.06. The molecule has 0 unspecified atom stereocenters. The van der Waals surface area contributed by atoms with E-state index in [9.17, 15) is 0 Å². The normalized spacial score (nSPS) is 11.5. The molecule has 0 spiro atoms. The highest BCUT2D eigenvalue weighted by Gasteiger charge is 2.16. The molecule has 0 bridgehead atoms. The van der Waals surface area contributed by atoms with Gasteiger partial charge in [-0.2, -0.15) is 0 Å². The lowest BCUT2D eigenvalue weighted by Gasteiger charge is -2.14. The van der Waals surface area contributed by atoms with E-state index in [2.05, 4.69) is 119 Å². The Morgan fingerprint density at radius 3 is 1.65 bits per heavy atom. The maximum atomic E-state index is 6.28. The number of rotatable bonds is 5. The Morgan fingerprint density at radius 1 is 0.353 bits per heavy atom. The number of hydrogen-bond acceptors (Lipinski definition) is 5. The number of hydrogen-bond donors (Lipinski definition) is 0. The van der Waals surface area contributed by atoms with Crippen molar-refractivity contribution in [3.63, 3.8) is 0 Å². The Labute approximate surface area is 293 Å². The van der Waals surface area contributed by atoms with Gasteiger partial charge in [0.1, 0.15) is 11.2 Å². The van der Waals surface area contributed by atoms with Crippen LogP contribution in [0, 0.1) is 0 Å². The Kier molecular flexibility index (Phi) is 6.74. The third-order valence-electron chi connectivity index (χ3n) is 9.53. The van der Waals surface area contributed by atoms with E-state index in [1.54, 1.807) is 0 Å². The van der Waals surface area contributed by atoms with Gasteiger partial charge < -0.3 is 4.42 Å². The van der Waals surface area contributed by atoms with Crippen LogP contribution in [-0.2, 0) is 0 Å². The second-order valence-corrected chi connectivity index (χ2v) is 12.8. The molecule has 5 nitrogen and oxygen atoms in total. The summed E-state index contributed by atoms with van der Waals surface area (Å²) in [5.41, 5.74) is 12.6. The molecule has 5 heteroatoms. The summed E-state index contributed by atoms with van der Waals surface area (Å²) in [6.45, 7) is 0. The molecular weight excluding hydrogens is 625 g/mol. The molecule has 0 fully saturated rings. The van der Waals surface area contributed by atoms with Crippen LogP contribution in [0.4, 0.5) is 0 Å². The molecule has 0 aliphatic rings. The SMILES string of the molecule is c1ccc(-c2nc(-c3cc(-c4ccc5ncccc5c4)cc(-c4ccc5ncccc5c4)c3)cc(-c3ccc4c(c3)oc3ccccc34)n2)cc1. The Hall–Kier alpha value is -6.98. The highest BCUT2D eigenvalue weighted by Crippen LogP contribution is 2.37. The Balaban J connectivity index is 1.19. The number of furan rings is 1. The number of aromatic nitrogens is 4. The van der Waals surface area contributed by atoms with Crippen LogP contribution in [0.3, 0.4) is 0 Å². The fourth-order valence-corrected chi connectivity index (χ4v) is 6.96. The lowest BCUT2D eigenvalue weighted by atomic mass is 9.93. The van der Waals surface area contributed by atoms with Crippen molar-refractivity contribution in [3.05, 3.63) is 170 Å². The average molecular weight is 653 g/mol. The molecule has 10 aromatic rings. The first-order valence-corrected chi connectivity index (χ1v) is 16.9. The number of benzene rings is 6. The molecule has 0 aliphatic heterocycles. The van der Waals surface area contributed by atoms with Crippen LogP contribution in [0.2, 0.25) is 0 Å². The molecule has 0 N–H and O–H groups in total. The molecule has 6 aromatic carbocycles. The zero-order chi connectivity index (χ0) is 33.7. The highest BCUT2D eigenvalue weighted by atomic mass is 16.3. The zero-order valence-corrected chi connectivity index (χ0v) is 27.4. The van der Waals surface area contributed by atoms with Crippen LogP contribution in [-0.4, -0.2) is 19.9 Å². The van der Waals surface area contributed by atoms with Gasteiger partial charge in [-0.1, -0.05) is 78.9 Å². The van der Waals surface area contributed by atoms with E-state index in [4.69, 9.17) is 14.4 Å². The van der Waals surface area contributed by atoms with Crippen LogP contribution in [0.25, 0.3) is 99.9 Å². The molecule has 0 radical (unpaired) electrons. The minimum atomic E-state index is 0.660. The summed E-state index contributed by atoms with van der Waals surface area (Å²) >= 11 is 0. The van der Waals surface area contributed by atoms with Crippen LogP contribution in [0.5, 0.6) is 0 Å². The summed E-state index contributed by atoms with van der Waals surface area (Å²) in [6.07, 6.45) is 3.66. The van der Waals surface area contributed by atoms with Crippen molar-refractivity contribution in [2.45, 2.75) is 0 Å². The number of pyridine rings is 2. The maximum absolute atomic E-state index is 6.28. The lowest BCUT2D eigenvalue weighted by molar-refractivity contribution is 0.669. The molecule has 10 rings (SSSR count). The summed E-state index contributed by atoms with van der Waals surface area (Å²) in [5.74, 6) is 0.660. The Morgan fingerprint density at radius 2 is 0.941 bits per heavy atom. The van der Waals surface area contributed by atoms with Gasteiger partial charge in [-0.05, 0) is 101 Å². The fraction of sp³-hybridized carbons (Fsp3) is 0. The molecule has 0 atom stereocenters. The van der Waals surface area contributed by atoms with Crippen molar-refractivity contribution in [1.29, 1.82) is 0 Å². The molecule has 51 heavy (non-hydrogen) atoms. The van der Waals surface area contributed by atoms with Crippen molar-refractivity contribution in [2.24, 2.45) is 0 Å². The van der Waals surface area contributed by atoms with E-state index in [0.29, 0.717) is 5.82 Å². The van der Waals surface area contributed by atoms with Crippen molar-refractivity contribution in [2.75, 3.05) is 0 Å².